The minimum atomic E-state index is 0.179. The molecule has 0 unspecified atom stereocenters. The zero-order valence-corrected chi connectivity index (χ0v) is 14.7. The van der Waals surface area contributed by atoms with Crippen LogP contribution < -0.4 is 16.0 Å². The van der Waals surface area contributed by atoms with Crippen molar-refractivity contribution in [2.75, 3.05) is 42.9 Å². The summed E-state index contributed by atoms with van der Waals surface area (Å²) < 4.78 is 0. The molecule has 2 aliphatic rings. The molecule has 1 heterocycles. The molecule has 0 spiro atoms. The van der Waals surface area contributed by atoms with Crippen LogP contribution in [-0.4, -0.2) is 49.6 Å². The first-order valence-electron chi connectivity index (χ1n) is 9.22. The maximum atomic E-state index is 11.4. The van der Waals surface area contributed by atoms with Crippen LogP contribution in [0.15, 0.2) is 24.3 Å². The summed E-state index contributed by atoms with van der Waals surface area (Å²) in [5.74, 6) is 0.932. The summed E-state index contributed by atoms with van der Waals surface area (Å²) in [5.41, 5.74) is 8.40. The van der Waals surface area contributed by atoms with Crippen LogP contribution in [0.2, 0.25) is 0 Å². The number of benzene rings is 1. The number of rotatable bonds is 4. The first-order valence-corrected chi connectivity index (χ1v) is 9.22. The molecule has 24 heavy (non-hydrogen) atoms. The van der Waals surface area contributed by atoms with Gasteiger partial charge in [-0.2, -0.15) is 0 Å². The molecule has 0 aromatic heterocycles. The molecule has 1 saturated heterocycles. The highest BCUT2D eigenvalue weighted by atomic mass is 16.2. The van der Waals surface area contributed by atoms with Gasteiger partial charge in [-0.3, -0.25) is 4.79 Å². The Morgan fingerprint density at radius 2 is 1.71 bits per heavy atom. The monoisotopic (exact) mass is 330 g/mol. The van der Waals surface area contributed by atoms with Crippen LogP contribution >= 0.6 is 0 Å². The molecule has 1 aromatic carbocycles. The van der Waals surface area contributed by atoms with E-state index in [0.29, 0.717) is 6.04 Å². The summed E-state index contributed by atoms with van der Waals surface area (Å²) in [6, 6.07) is 9.12. The van der Waals surface area contributed by atoms with Crippen molar-refractivity contribution in [1.82, 2.24) is 4.90 Å². The third-order valence-electron chi connectivity index (χ3n) is 5.44. The smallest absolute Gasteiger partial charge is 0.219 e. The first-order chi connectivity index (χ1) is 11.6. The Morgan fingerprint density at radius 1 is 1.08 bits per heavy atom. The summed E-state index contributed by atoms with van der Waals surface area (Å²) in [7, 11) is 0. The molecule has 1 saturated carbocycles. The van der Waals surface area contributed by atoms with Crippen molar-refractivity contribution in [2.45, 2.75) is 38.6 Å². The van der Waals surface area contributed by atoms with Crippen molar-refractivity contribution in [3.63, 3.8) is 0 Å². The van der Waals surface area contributed by atoms with Gasteiger partial charge >= 0.3 is 0 Å². The lowest BCUT2D eigenvalue weighted by Crippen LogP contribution is -2.48. The summed E-state index contributed by atoms with van der Waals surface area (Å²) in [4.78, 5) is 15.7. The topological polar surface area (TPSA) is 61.6 Å². The Kier molecular flexibility index (Phi) is 5.61. The van der Waals surface area contributed by atoms with E-state index in [1.54, 1.807) is 6.92 Å². The minimum Gasteiger partial charge on any atom is -0.385 e. The van der Waals surface area contributed by atoms with Gasteiger partial charge in [0.05, 0.1) is 0 Å². The largest absolute Gasteiger partial charge is 0.385 e. The molecule has 2 fully saturated rings. The van der Waals surface area contributed by atoms with Gasteiger partial charge in [0, 0.05) is 57.1 Å². The fourth-order valence-electron chi connectivity index (χ4n) is 3.72. The molecule has 0 atom stereocenters. The molecule has 1 amide bonds. The average molecular weight is 330 g/mol. The molecule has 0 bridgehead atoms. The van der Waals surface area contributed by atoms with Gasteiger partial charge in [0.25, 0.3) is 0 Å². The van der Waals surface area contributed by atoms with Crippen molar-refractivity contribution in [1.29, 1.82) is 0 Å². The third-order valence-corrected chi connectivity index (χ3v) is 5.44. The van der Waals surface area contributed by atoms with Crippen molar-refractivity contribution >= 4 is 17.3 Å². The number of nitrogens with two attached hydrogens (primary N) is 1. The summed E-state index contributed by atoms with van der Waals surface area (Å²) in [5, 5.41) is 3.57. The normalized spacial score (nSPS) is 24.8. The van der Waals surface area contributed by atoms with E-state index in [0.717, 1.165) is 51.5 Å². The van der Waals surface area contributed by atoms with Gasteiger partial charge in [-0.05, 0) is 55.9 Å². The highest BCUT2D eigenvalue weighted by Gasteiger charge is 2.19. The molecule has 132 valence electrons. The fraction of sp³-hybridized carbons (Fsp3) is 0.632. The van der Waals surface area contributed by atoms with Crippen LogP contribution in [0.5, 0.6) is 0 Å². The molecule has 3 rings (SSSR count). The van der Waals surface area contributed by atoms with E-state index in [1.165, 1.54) is 24.2 Å². The van der Waals surface area contributed by atoms with Crippen molar-refractivity contribution in [2.24, 2.45) is 11.7 Å². The van der Waals surface area contributed by atoms with Crippen LogP contribution in [0.4, 0.5) is 11.4 Å². The van der Waals surface area contributed by atoms with Crippen molar-refractivity contribution in [3.8, 4) is 0 Å². The van der Waals surface area contributed by atoms with Gasteiger partial charge in [-0.15, -0.1) is 0 Å². The van der Waals surface area contributed by atoms with Crippen LogP contribution in [0.3, 0.4) is 0 Å². The molecule has 1 aliphatic carbocycles. The van der Waals surface area contributed by atoms with E-state index >= 15 is 0 Å². The van der Waals surface area contributed by atoms with Crippen molar-refractivity contribution in [3.05, 3.63) is 24.3 Å². The summed E-state index contributed by atoms with van der Waals surface area (Å²) in [6.07, 6.45) is 4.81. The fourth-order valence-corrected chi connectivity index (χ4v) is 3.72. The Morgan fingerprint density at radius 3 is 2.29 bits per heavy atom. The number of carbonyl (C=O) groups excluding carboxylic acids is 1. The quantitative estimate of drug-likeness (QED) is 0.889. The summed E-state index contributed by atoms with van der Waals surface area (Å²) in [6.45, 7) is 6.15. The highest BCUT2D eigenvalue weighted by molar-refractivity contribution is 5.73. The Balaban J connectivity index is 1.46. The molecule has 1 aliphatic heterocycles. The number of nitrogens with zero attached hydrogens (tertiary/aromatic N) is 2. The second-order valence-corrected chi connectivity index (χ2v) is 7.20. The molecule has 5 heteroatoms. The molecule has 1 aromatic rings. The lowest BCUT2D eigenvalue weighted by atomic mass is 9.86. The second-order valence-electron chi connectivity index (χ2n) is 7.20. The lowest BCUT2D eigenvalue weighted by Gasteiger charge is -2.35. The van der Waals surface area contributed by atoms with Gasteiger partial charge < -0.3 is 20.9 Å². The van der Waals surface area contributed by atoms with E-state index in [4.69, 9.17) is 5.73 Å². The van der Waals surface area contributed by atoms with Crippen LogP contribution in [0.25, 0.3) is 0 Å². The van der Waals surface area contributed by atoms with Crippen LogP contribution in [0.1, 0.15) is 32.6 Å². The van der Waals surface area contributed by atoms with Gasteiger partial charge in [-0.1, -0.05) is 0 Å². The van der Waals surface area contributed by atoms with E-state index in [2.05, 4.69) is 34.5 Å². The van der Waals surface area contributed by atoms with Crippen LogP contribution in [0, 0.1) is 5.92 Å². The second kappa shape index (κ2) is 7.88. The third kappa shape index (κ3) is 4.41. The van der Waals surface area contributed by atoms with Gasteiger partial charge in [0.1, 0.15) is 0 Å². The Hall–Kier alpha value is -1.75. The number of nitrogens with one attached hydrogen (secondary N) is 1. The maximum absolute atomic E-state index is 11.4. The first kappa shape index (κ1) is 17.1. The van der Waals surface area contributed by atoms with Crippen LogP contribution in [-0.2, 0) is 4.79 Å². The minimum absolute atomic E-state index is 0.179. The van der Waals surface area contributed by atoms with Gasteiger partial charge in [-0.25, -0.2) is 0 Å². The van der Waals surface area contributed by atoms with Crippen molar-refractivity contribution < 1.29 is 4.79 Å². The number of amides is 1. The maximum Gasteiger partial charge on any atom is 0.219 e. The molecule has 3 N–H and O–H groups in total. The van der Waals surface area contributed by atoms with E-state index in [1.807, 2.05) is 4.90 Å². The van der Waals surface area contributed by atoms with Gasteiger partial charge in [0.2, 0.25) is 5.91 Å². The molecular formula is C19H30N4O. The number of carbonyl (C=O) groups is 1. The predicted molar refractivity (Wildman–Crippen MR) is 99.3 cm³/mol. The zero-order valence-electron chi connectivity index (χ0n) is 14.7. The van der Waals surface area contributed by atoms with Gasteiger partial charge in [0.15, 0.2) is 0 Å². The van der Waals surface area contributed by atoms with E-state index in [9.17, 15) is 4.79 Å². The van der Waals surface area contributed by atoms with E-state index < -0.39 is 0 Å². The lowest BCUT2D eigenvalue weighted by molar-refractivity contribution is -0.129. The number of hydrogen-bond donors (Lipinski definition) is 2. The molecule has 5 nitrogen and oxygen atoms in total. The average Bonchev–Trinajstić information content (AvgIpc) is 2.62. The molecule has 0 radical (unpaired) electrons. The zero-order chi connectivity index (χ0) is 16.9. The summed E-state index contributed by atoms with van der Waals surface area (Å²) >= 11 is 0. The number of anilines is 2. The highest BCUT2D eigenvalue weighted by Crippen LogP contribution is 2.24. The Labute approximate surface area is 145 Å². The number of hydrogen-bond acceptors (Lipinski definition) is 4. The predicted octanol–water partition coefficient (Wildman–Crippen LogP) is 2.28. The standard InChI is InChI=1S/C19H30N4O/c1-15(24)22-10-12-23(13-11-22)19-8-6-18(7-9-19)21-14-16-2-4-17(20)5-3-16/h6-9,16-17,21H,2-5,10-14,20H2,1H3. The SMILES string of the molecule is CC(=O)N1CCN(c2ccc(NCC3CCC(N)CC3)cc2)CC1. The molecular weight excluding hydrogens is 300 g/mol. The number of piperazine rings is 1. The van der Waals surface area contributed by atoms with E-state index in [-0.39, 0.29) is 5.91 Å². The Bertz CT molecular complexity index is 529.